The van der Waals surface area contributed by atoms with Crippen LogP contribution in [0.4, 0.5) is 19.0 Å². The van der Waals surface area contributed by atoms with Crippen LogP contribution in [0, 0.1) is 23.2 Å². The molecule has 1 aliphatic heterocycles. The lowest BCUT2D eigenvalue weighted by molar-refractivity contribution is -0.137. The maximum absolute atomic E-state index is 13.1. The molecule has 0 spiro atoms. The molecule has 194 valence electrons. The van der Waals surface area contributed by atoms with E-state index in [2.05, 4.69) is 15.3 Å². The van der Waals surface area contributed by atoms with Gasteiger partial charge < -0.3 is 5.32 Å². The lowest BCUT2D eigenvalue weighted by atomic mass is 9.49. The van der Waals surface area contributed by atoms with Crippen LogP contribution in [0.15, 0.2) is 30.6 Å². The second kappa shape index (κ2) is 8.68. The monoisotopic (exact) mass is 520 g/mol. The number of hydrogen-bond donors (Lipinski definition) is 1. The second-order valence-electron chi connectivity index (χ2n) is 11.5. The van der Waals surface area contributed by atoms with Crippen LogP contribution in [0.25, 0.3) is 0 Å². The highest BCUT2D eigenvalue weighted by atomic mass is 32.2. The second-order valence-corrected chi connectivity index (χ2v) is 13.4. The first kappa shape index (κ1) is 24.2. The number of nitrogens with one attached hydrogen (secondary N) is 1. The summed E-state index contributed by atoms with van der Waals surface area (Å²) in [6, 6.07) is 4.51. The molecule has 0 radical (unpaired) electrons. The van der Waals surface area contributed by atoms with Gasteiger partial charge in [0.1, 0.15) is 12.1 Å². The van der Waals surface area contributed by atoms with Crippen molar-refractivity contribution >= 4 is 15.8 Å². The van der Waals surface area contributed by atoms with E-state index in [0.29, 0.717) is 17.5 Å². The zero-order chi connectivity index (χ0) is 25.1. The lowest BCUT2D eigenvalue weighted by Gasteiger charge is -2.57. The van der Waals surface area contributed by atoms with Crippen LogP contribution >= 0.6 is 0 Å². The average molecular weight is 521 g/mol. The van der Waals surface area contributed by atoms with Crippen molar-refractivity contribution in [1.82, 2.24) is 14.3 Å². The Bertz CT molecular complexity index is 1230. The van der Waals surface area contributed by atoms with E-state index in [1.807, 2.05) is 0 Å². The van der Waals surface area contributed by atoms with E-state index in [1.54, 1.807) is 0 Å². The first-order chi connectivity index (χ1) is 17.1. The van der Waals surface area contributed by atoms with Crippen LogP contribution in [0.1, 0.15) is 60.9 Å². The summed E-state index contributed by atoms with van der Waals surface area (Å²) in [6.45, 7) is 1.26. The lowest BCUT2D eigenvalue weighted by Crippen LogP contribution is -2.49. The summed E-state index contributed by atoms with van der Waals surface area (Å²) in [7, 11) is -3.81. The maximum Gasteiger partial charge on any atom is 0.416 e. The predicted octanol–water partition coefficient (Wildman–Crippen LogP) is 5.01. The van der Waals surface area contributed by atoms with Crippen LogP contribution in [0.2, 0.25) is 0 Å². The third-order valence-electron chi connectivity index (χ3n) is 8.76. The van der Waals surface area contributed by atoms with Gasteiger partial charge in [-0.1, -0.05) is 18.2 Å². The number of nitrogens with zero attached hydrogens (tertiary/aromatic N) is 3. The minimum atomic E-state index is -4.51. The van der Waals surface area contributed by atoms with Crippen molar-refractivity contribution in [1.29, 1.82) is 0 Å². The van der Waals surface area contributed by atoms with Crippen LogP contribution < -0.4 is 5.32 Å². The standard InChI is InChI=1S/C26H31F3N4O2S/c27-26(28,29)21-3-1-2-17(9-21)14-36(34,35)33-5-4-22-23(13-33)31-16-32-24(22)30-15-25-10-18-6-19(11-25)8-20(7-18)12-25/h1-3,9,16,18-20H,4-8,10-15H2,(H,30,31,32). The van der Waals surface area contributed by atoms with E-state index in [4.69, 9.17) is 0 Å². The van der Waals surface area contributed by atoms with Gasteiger partial charge in [0.05, 0.1) is 23.6 Å². The molecule has 1 N–H and O–H groups in total. The van der Waals surface area contributed by atoms with E-state index in [-0.39, 0.29) is 18.7 Å². The van der Waals surface area contributed by atoms with Gasteiger partial charge in [0.2, 0.25) is 10.0 Å². The number of fused-ring (bicyclic) bond motifs is 1. The molecule has 4 saturated carbocycles. The summed E-state index contributed by atoms with van der Waals surface area (Å²) < 4.78 is 66.6. The summed E-state index contributed by atoms with van der Waals surface area (Å²) in [5.41, 5.74) is 1.24. The molecule has 0 saturated heterocycles. The smallest absolute Gasteiger partial charge is 0.369 e. The number of benzene rings is 1. The van der Waals surface area contributed by atoms with Crippen molar-refractivity contribution in [3.05, 3.63) is 53.0 Å². The van der Waals surface area contributed by atoms with Crippen molar-refractivity contribution in [3.63, 3.8) is 0 Å². The topological polar surface area (TPSA) is 75.2 Å². The Kier molecular flexibility index (Phi) is 5.83. The molecule has 4 bridgehead atoms. The molecule has 7 rings (SSSR count). The zero-order valence-electron chi connectivity index (χ0n) is 20.1. The van der Waals surface area contributed by atoms with Gasteiger partial charge in [-0.3, -0.25) is 0 Å². The van der Waals surface area contributed by atoms with E-state index >= 15 is 0 Å². The number of aromatic nitrogens is 2. The van der Waals surface area contributed by atoms with Crippen LogP contribution in [-0.2, 0) is 34.9 Å². The Morgan fingerprint density at radius 3 is 2.42 bits per heavy atom. The SMILES string of the molecule is O=S(=O)(Cc1cccc(C(F)(F)F)c1)N1CCc2c(ncnc2NCC23CC4CC(CC(C4)C2)C3)C1. The van der Waals surface area contributed by atoms with Crippen molar-refractivity contribution in [2.45, 2.75) is 63.4 Å². The Hall–Kier alpha value is -2.20. The van der Waals surface area contributed by atoms with Gasteiger partial charge in [-0.05, 0) is 79.7 Å². The van der Waals surface area contributed by atoms with Crippen LogP contribution in [-0.4, -0.2) is 35.8 Å². The van der Waals surface area contributed by atoms with Crippen molar-refractivity contribution in [2.24, 2.45) is 23.2 Å². The maximum atomic E-state index is 13.1. The van der Waals surface area contributed by atoms with Crippen LogP contribution in [0.3, 0.4) is 0 Å². The highest BCUT2D eigenvalue weighted by Gasteiger charge is 2.50. The van der Waals surface area contributed by atoms with Gasteiger partial charge >= 0.3 is 6.18 Å². The summed E-state index contributed by atoms with van der Waals surface area (Å²) in [5.74, 6) is 2.92. The Balaban J connectivity index is 1.15. The van der Waals surface area contributed by atoms with Crippen molar-refractivity contribution in [2.75, 3.05) is 18.4 Å². The van der Waals surface area contributed by atoms with Gasteiger partial charge in [0, 0.05) is 18.7 Å². The van der Waals surface area contributed by atoms with E-state index in [0.717, 1.165) is 47.8 Å². The molecule has 1 aromatic heterocycles. The number of halogens is 3. The molecule has 5 aliphatic rings. The number of hydrogen-bond acceptors (Lipinski definition) is 5. The Labute approximate surface area is 209 Å². The quantitative estimate of drug-likeness (QED) is 0.580. The molecule has 10 heteroatoms. The number of anilines is 1. The third kappa shape index (κ3) is 4.62. The molecule has 36 heavy (non-hydrogen) atoms. The molecule has 2 aromatic rings. The molecule has 4 fully saturated rings. The number of rotatable bonds is 6. The zero-order valence-corrected chi connectivity index (χ0v) is 20.9. The summed E-state index contributed by atoms with van der Waals surface area (Å²) in [6.07, 6.45) is 5.50. The van der Waals surface area contributed by atoms with Crippen molar-refractivity contribution in [3.8, 4) is 0 Å². The molecule has 0 amide bonds. The first-order valence-electron chi connectivity index (χ1n) is 12.8. The molecule has 1 aromatic carbocycles. The molecule has 2 heterocycles. The van der Waals surface area contributed by atoms with E-state index in [9.17, 15) is 21.6 Å². The molecular formula is C26H31F3N4O2S. The predicted molar refractivity (Wildman–Crippen MR) is 129 cm³/mol. The normalized spacial score (nSPS) is 29.8. The number of alkyl halides is 3. The average Bonchev–Trinajstić information content (AvgIpc) is 2.81. The highest BCUT2D eigenvalue weighted by Crippen LogP contribution is 2.60. The van der Waals surface area contributed by atoms with Gasteiger partial charge in [-0.25, -0.2) is 18.4 Å². The molecule has 0 atom stereocenters. The summed E-state index contributed by atoms with van der Waals surface area (Å²) in [5, 5.41) is 3.62. The molecule has 0 unspecified atom stereocenters. The fourth-order valence-electron chi connectivity index (χ4n) is 7.64. The minimum Gasteiger partial charge on any atom is -0.369 e. The van der Waals surface area contributed by atoms with Gasteiger partial charge in [0.25, 0.3) is 0 Å². The van der Waals surface area contributed by atoms with E-state index in [1.165, 1.54) is 61.3 Å². The molecular weight excluding hydrogens is 489 g/mol. The van der Waals surface area contributed by atoms with Crippen molar-refractivity contribution < 1.29 is 21.6 Å². The van der Waals surface area contributed by atoms with Gasteiger partial charge in [-0.15, -0.1) is 0 Å². The summed E-state index contributed by atoms with van der Waals surface area (Å²) >= 11 is 0. The Morgan fingerprint density at radius 1 is 1.06 bits per heavy atom. The largest absolute Gasteiger partial charge is 0.416 e. The fourth-order valence-corrected chi connectivity index (χ4v) is 9.11. The Morgan fingerprint density at radius 2 is 1.75 bits per heavy atom. The number of sulfonamides is 1. The minimum absolute atomic E-state index is 0.102. The van der Waals surface area contributed by atoms with Gasteiger partial charge in [0.15, 0.2) is 0 Å². The van der Waals surface area contributed by atoms with E-state index < -0.39 is 27.5 Å². The summed E-state index contributed by atoms with van der Waals surface area (Å²) in [4.78, 5) is 8.87. The first-order valence-corrected chi connectivity index (χ1v) is 14.4. The van der Waals surface area contributed by atoms with Gasteiger partial charge in [-0.2, -0.15) is 17.5 Å². The highest BCUT2D eigenvalue weighted by molar-refractivity contribution is 7.88. The third-order valence-corrected chi connectivity index (χ3v) is 10.6. The van der Waals surface area contributed by atoms with Crippen LogP contribution in [0.5, 0.6) is 0 Å². The fraction of sp³-hybridized carbons (Fsp3) is 0.615. The molecule has 6 nitrogen and oxygen atoms in total. The molecule has 4 aliphatic carbocycles.